The van der Waals surface area contributed by atoms with Crippen LogP contribution in [0.5, 0.6) is 11.5 Å². The number of hydrogen-bond acceptors (Lipinski definition) is 8. The fourth-order valence-electron chi connectivity index (χ4n) is 4.15. The fourth-order valence-corrected chi connectivity index (χ4v) is 4.15. The van der Waals surface area contributed by atoms with Crippen LogP contribution >= 0.6 is 0 Å². The smallest absolute Gasteiger partial charge is 0.375 e. The molecule has 2 heterocycles. The number of benzene rings is 2. The van der Waals surface area contributed by atoms with Crippen molar-refractivity contribution in [2.75, 3.05) is 7.11 Å². The highest BCUT2D eigenvalue weighted by Crippen LogP contribution is 2.43. The first kappa shape index (κ1) is 21.7. The highest BCUT2D eigenvalue weighted by atomic mass is 16.6. The average Bonchev–Trinajstić information content (AvgIpc) is 3.28. The summed E-state index contributed by atoms with van der Waals surface area (Å²) in [6.07, 6.45) is -0.0291. The summed E-state index contributed by atoms with van der Waals surface area (Å²) in [6, 6.07) is 11.0. The zero-order valence-electron chi connectivity index (χ0n) is 17.9. The minimum Gasteiger partial charge on any atom is -0.508 e. The standard InChI is InChI=1S/C24H24O8/c1-23(2,29)18-11-15-10-13(4-9-17(15)31-18)12-24(22(28)30-3)19(20(26)21(27)32-24)14-5-7-16(25)8-6-14/h4-10,18,25-26,29H,11-12H2,1-3H3/t18-,24+/m0/s1. The summed E-state index contributed by atoms with van der Waals surface area (Å²) >= 11 is 0. The number of aromatic hydroxyl groups is 1. The van der Waals surface area contributed by atoms with E-state index in [1.54, 1.807) is 26.0 Å². The maximum Gasteiger partial charge on any atom is 0.375 e. The van der Waals surface area contributed by atoms with E-state index in [0.29, 0.717) is 23.3 Å². The van der Waals surface area contributed by atoms with Gasteiger partial charge in [-0.1, -0.05) is 24.3 Å². The van der Waals surface area contributed by atoms with Gasteiger partial charge in [-0.3, -0.25) is 0 Å². The van der Waals surface area contributed by atoms with Gasteiger partial charge in [0.1, 0.15) is 17.6 Å². The van der Waals surface area contributed by atoms with Crippen LogP contribution in [0.1, 0.15) is 30.5 Å². The van der Waals surface area contributed by atoms with Gasteiger partial charge in [-0.25, -0.2) is 9.59 Å². The number of phenols is 1. The average molecular weight is 440 g/mol. The molecule has 2 aromatic carbocycles. The number of methoxy groups -OCH3 is 1. The minimum absolute atomic E-state index is 0.0114. The molecule has 0 aromatic heterocycles. The number of fused-ring (bicyclic) bond motifs is 1. The van der Waals surface area contributed by atoms with E-state index in [9.17, 15) is 24.9 Å². The van der Waals surface area contributed by atoms with E-state index >= 15 is 0 Å². The second-order valence-electron chi connectivity index (χ2n) is 8.56. The number of aliphatic hydroxyl groups excluding tert-OH is 1. The van der Waals surface area contributed by atoms with Crippen molar-refractivity contribution in [2.24, 2.45) is 0 Å². The van der Waals surface area contributed by atoms with Crippen LogP contribution in [0, 0.1) is 0 Å². The van der Waals surface area contributed by atoms with Crippen LogP contribution in [0.4, 0.5) is 0 Å². The topological polar surface area (TPSA) is 123 Å². The molecule has 2 aromatic rings. The third-order valence-corrected chi connectivity index (χ3v) is 5.81. The van der Waals surface area contributed by atoms with Gasteiger partial charge in [-0.2, -0.15) is 0 Å². The predicted molar refractivity (Wildman–Crippen MR) is 113 cm³/mol. The van der Waals surface area contributed by atoms with Gasteiger partial charge in [-0.05, 0) is 48.7 Å². The number of rotatable bonds is 5. The van der Waals surface area contributed by atoms with Gasteiger partial charge in [0.2, 0.25) is 11.4 Å². The molecule has 0 aliphatic carbocycles. The Morgan fingerprint density at radius 1 is 1.19 bits per heavy atom. The highest BCUT2D eigenvalue weighted by molar-refractivity contribution is 6.11. The molecule has 0 amide bonds. The first-order valence-corrected chi connectivity index (χ1v) is 10.1. The molecule has 0 saturated carbocycles. The molecule has 0 saturated heterocycles. The molecular formula is C24H24O8. The van der Waals surface area contributed by atoms with Crippen molar-refractivity contribution in [1.82, 2.24) is 0 Å². The molecular weight excluding hydrogens is 416 g/mol. The van der Waals surface area contributed by atoms with Crippen molar-refractivity contribution in [3.8, 4) is 11.5 Å². The summed E-state index contributed by atoms with van der Waals surface area (Å²) < 4.78 is 16.2. The second-order valence-corrected chi connectivity index (χ2v) is 8.56. The number of phenolic OH excluding ortho intramolecular Hbond substituents is 1. The largest absolute Gasteiger partial charge is 0.508 e. The Hall–Kier alpha value is -3.52. The highest BCUT2D eigenvalue weighted by Gasteiger charge is 2.55. The first-order valence-electron chi connectivity index (χ1n) is 10.1. The molecule has 8 nitrogen and oxygen atoms in total. The van der Waals surface area contributed by atoms with Crippen LogP contribution < -0.4 is 4.74 Å². The lowest BCUT2D eigenvalue weighted by molar-refractivity contribution is -0.169. The summed E-state index contributed by atoms with van der Waals surface area (Å²) in [7, 11) is 1.17. The molecule has 0 unspecified atom stereocenters. The van der Waals surface area contributed by atoms with Crippen molar-refractivity contribution >= 4 is 17.5 Å². The zero-order chi connectivity index (χ0) is 23.3. The Balaban J connectivity index is 1.75. The Morgan fingerprint density at radius 2 is 1.88 bits per heavy atom. The zero-order valence-corrected chi connectivity index (χ0v) is 17.9. The molecule has 8 heteroatoms. The summed E-state index contributed by atoms with van der Waals surface area (Å²) in [4.78, 5) is 25.3. The Bertz CT molecular complexity index is 1110. The molecule has 32 heavy (non-hydrogen) atoms. The number of aliphatic hydroxyl groups is 2. The van der Waals surface area contributed by atoms with E-state index in [1.165, 1.54) is 31.4 Å². The molecule has 4 rings (SSSR count). The van der Waals surface area contributed by atoms with Crippen molar-refractivity contribution in [3.63, 3.8) is 0 Å². The summed E-state index contributed by atoms with van der Waals surface area (Å²) in [5, 5.41) is 30.4. The van der Waals surface area contributed by atoms with Crippen molar-refractivity contribution in [2.45, 2.75) is 44.0 Å². The van der Waals surface area contributed by atoms with Crippen LogP contribution in [0.3, 0.4) is 0 Å². The molecule has 0 bridgehead atoms. The molecule has 168 valence electrons. The monoisotopic (exact) mass is 440 g/mol. The molecule has 3 N–H and O–H groups in total. The number of carbonyl (C=O) groups is 2. The third-order valence-electron chi connectivity index (χ3n) is 5.81. The molecule has 2 atom stereocenters. The van der Waals surface area contributed by atoms with E-state index in [0.717, 1.165) is 5.56 Å². The minimum atomic E-state index is -1.91. The van der Waals surface area contributed by atoms with E-state index in [-0.39, 0.29) is 17.7 Å². The number of hydrogen-bond donors (Lipinski definition) is 3. The Labute approximate surface area is 184 Å². The van der Waals surface area contributed by atoms with Crippen molar-refractivity contribution in [3.05, 3.63) is 64.9 Å². The quantitative estimate of drug-likeness (QED) is 0.606. The van der Waals surface area contributed by atoms with Crippen molar-refractivity contribution < 1.29 is 39.1 Å². The second kappa shape index (κ2) is 7.56. The maximum absolute atomic E-state index is 12.9. The number of ether oxygens (including phenoxy) is 3. The SMILES string of the molecule is COC(=O)[C@]1(Cc2ccc3c(c2)C[C@@H](C(C)(C)O)O3)OC(=O)C(O)=C1c1ccc(O)cc1. The summed E-state index contributed by atoms with van der Waals surface area (Å²) in [5.74, 6) is -1.95. The number of esters is 2. The van der Waals surface area contributed by atoms with Gasteiger partial charge in [-0.15, -0.1) is 0 Å². The number of carbonyl (C=O) groups excluding carboxylic acids is 2. The molecule has 0 fully saturated rings. The summed E-state index contributed by atoms with van der Waals surface area (Å²) in [5.41, 5.74) is -1.14. The molecule has 0 radical (unpaired) electrons. The molecule has 2 aliphatic heterocycles. The lowest BCUT2D eigenvalue weighted by Gasteiger charge is -2.28. The van der Waals surface area contributed by atoms with E-state index in [2.05, 4.69) is 0 Å². The third kappa shape index (κ3) is 3.56. The van der Waals surface area contributed by atoms with Crippen LogP contribution in [0.15, 0.2) is 48.2 Å². The van der Waals surface area contributed by atoms with Gasteiger partial charge < -0.3 is 29.5 Å². The van der Waals surface area contributed by atoms with E-state index < -0.39 is 35.0 Å². The van der Waals surface area contributed by atoms with Crippen LogP contribution in [-0.2, 0) is 31.9 Å². The van der Waals surface area contributed by atoms with Gasteiger partial charge >= 0.3 is 11.9 Å². The predicted octanol–water partition coefficient (Wildman–Crippen LogP) is 2.45. The first-order chi connectivity index (χ1) is 15.0. The maximum atomic E-state index is 12.9. The molecule has 0 spiro atoms. The molecule has 2 aliphatic rings. The van der Waals surface area contributed by atoms with Gasteiger partial charge in [0.25, 0.3) is 0 Å². The lowest BCUT2D eigenvalue weighted by Crippen LogP contribution is -2.44. The van der Waals surface area contributed by atoms with Crippen LogP contribution in [0.2, 0.25) is 0 Å². The number of cyclic esters (lactones) is 1. The van der Waals surface area contributed by atoms with Gasteiger partial charge in [0.05, 0.1) is 18.3 Å². The van der Waals surface area contributed by atoms with Gasteiger partial charge in [0, 0.05) is 12.8 Å². The van der Waals surface area contributed by atoms with E-state index in [1.807, 2.05) is 6.07 Å². The van der Waals surface area contributed by atoms with Crippen molar-refractivity contribution in [1.29, 1.82) is 0 Å². The fraction of sp³-hybridized carbons (Fsp3) is 0.333. The van der Waals surface area contributed by atoms with Gasteiger partial charge in [0.15, 0.2) is 0 Å². The van der Waals surface area contributed by atoms with Crippen LogP contribution in [-0.4, -0.2) is 51.7 Å². The summed E-state index contributed by atoms with van der Waals surface area (Å²) in [6.45, 7) is 3.35. The van der Waals surface area contributed by atoms with E-state index in [4.69, 9.17) is 14.2 Å². The lowest BCUT2D eigenvalue weighted by atomic mass is 9.83. The van der Waals surface area contributed by atoms with Crippen LogP contribution in [0.25, 0.3) is 5.57 Å². The Morgan fingerprint density at radius 3 is 2.50 bits per heavy atom. The normalized spacial score (nSPS) is 22.4. The Kier molecular flexibility index (Phi) is 5.13.